The standard InChI is InChI=1S/C13H19N3O4S/c1-2-5-13(6-7-13)9-15-21(19,20)10-3-4-11(14)12(8-10)16(17)18/h3-4,8,15H,2,5-7,9,14H2,1H3. The van der Waals surface area contributed by atoms with Gasteiger partial charge in [0.25, 0.3) is 5.69 Å². The van der Waals surface area contributed by atoms with E-state index in [9.17, 15) is 18.5 Å². The molecule has 1 aromatic rings. The third-order valence-corrected chi connectivity index (χ3v) is 5.28. The molecule has 116 valence electrons. The maximum Gasteiger partial charge on any atom is 0.293 e. The maximum atomic E-state index is 12.2. The van der Waals surface area contributed by atoms with Crippen molar-refractivity contribution in [2.45, 2.75) is 37.5 Å². The van der Waals surface area contributed by atoms with Gasteiger partial charge in [0.2, 0.25) is 10.0 Å². The molecule has 7 nitrogen and oxygen atoms in total. The lowest BCUT2D eigenvalue weighted by molar-refractivity contribution is -0.384. The highest BCUT2D eigenvalue weighted by molar-refractivity contribution is 7.89. The number of nitro benzene ring substituents is 1. The molecule has 2 rings (SSSR count). The van der Waals surface area contributed by atoms with Crippen LogP contribution >= 0.6 is 0 Å². The molecule has 0 atom stereocenters. The minimum Gasteiger partial charge on any atom is -0.393 e. The van der Waals surface area contributed by atoms with Gasteiger partial charge in [0.05, 0.1) is 9.82 Å². The first-order valence-corrected chi connectivity index (χ1v) is 8.32. The molecule has 0 bridgehead atoms. The maximum absolute atomic E-state index is 12.2. The number of benzene rings is 1. The molecule has 0 radical (unpaired) electrons. The normalized spacial score (nSPS) is 16.6. The fourth-order valence-corrected chi connectivity index (χ4v) is 3.58. The molecule has 3 N–H and O–H groups in total. The van der Waals surface area contributed by atoms with Gasteiger partial charge in [-0.2, -0.15) is 0 Å². The van der Waals surface area contributed by atoms with Crippen molar-refractivity contribution in [3.05, 3.63) is 28.3 Å². The van der Waals surface area contributed by atoms with E-state index >= 15 is 0 Å². The number of nitrogens with one attached hydrogen (secondary N) is 1. The Morgan fingerprint density at radius 1 is 1.43 bits per heavy atom. The molecular weight excluding hydrogens is 294 g/mol. The zero-order chi connectivity index (χ0) is 15.7. The van der Waals surface area contributed by atoms with E-state index in [4.69, 9.17) is 5.73 Å². The summed E-state index contributed by atoms with van der Waals surface area (Å²) < 4.78 is 27.0. The van der Waals surface area contributed by atoms with Crippen LogP contribution in [0, 0.1) is 15.5 Å². The second kappa shape index (κ2) is 5.61. The number of rotatable bonds is 7. The fourth-order valence-electron chi connectivity index (χ4n) is 2.40. The highest BCUT2D eigenvalue weighted by Crippen LogP contribution is 2.49. The molecule has 0 saturated heterocycles. The van der Waals surface area contributed by atoms with Gasteiger partial charge in [-0.3, -0.25) is 10.1 Å². The van der Waals surface area contributed by atoms with Crippen molar-refractivity contribution >= 4 is 21.4 Å². The summed E-state index contributed by atoms with van der Waals surface area (Å²) in [6, 6.07) is 3.52. The molecule has 1 fully saturated rings. The molecule has 21 heavy (non-hydrogen) atoms. The van der Waals surface area contributed by atoms with Crippen LogP contribution in [0.2, 0.25) is 0 Å². The molecule has 0 spiro atoms. The second-order valence-corrected chi connectivity index (χ2v) is 7.32. The van der Waals surface area contributed by atoms with Crippen LogP contribution in [-0.2, 0) is 10.0 Å². The van der Waals surface area contributed by atoms with Gasteiger partial charge < -0.3 is 5.73 Å². The zero-order valence-corrected chi connectivity index (χ0v) is 12.6. The van der Waals surface area contributed by atoms with Gasteiger partial charge in [-0.05, 0) is 36.8 Å². The summed E-state index contributed by atoms with van der Waals surface area (Å²) >= 11 is 0. The molecule has 0 heterocycles. The molecular formula is C13H19N3O4S. The Kier molecular flexibility index (Phi) is 4.20. The monoisotopic (exact) mass is 313 g/mol. The first-order valence-electron chi connectivity index (χ1n) is 6.83. The van der Waals surface area contributed by atoms with E-state index in [1.165, 1.54) is 12.1 Å². The lowest BCUT2D eigenvalue weighted by Crippen LogP contribution is -2.30. The molecule has 1 saturated carbocycles. The number of nitrogens with zero attached hydrogens (tertiary/aromatic N) is 1. The largest absolute Gasteiger partial charge is 0.393 e. The van der Waals surface area contributed by atoms with Crippen molar-refractivity contribution in [3.8, 4) is 0 Å². The quantitative estimate of drug-likeness (QED) is 0.454. The minimum atomic E-state index is -3.75. The van der Waals surface area contributed by atoms with Crippen LogP contribution in [0.3, 0.4) is 0 Å². The lowest BCUT2D eigenvalue weighted by atomic mass is 10.0. The summed E-state index contributed by atoms with van der Waals surface area (Å²) in [5.41, 5.74) is 5.09. The SMILES string of the molecule is CCCC1(CNS(=O)(=O)c2ccc(N)c([N+](=O)[O-])c2)CC1. The van der Waals surface area contributed by atoms with Gasteiger partial charge in [0.1, 0.15) is 5.69 Å². The average Bonchev–Trinajstić information content (AvgIpc) is 3.17. The van der Waals surface area contributed by atoms with Crippen LogP contribution in [0.5, 0.6) is 0 Å². The van der Waals surface area contributed by atoms with Crippen LogP contribution in [0.15, 0.2) is 23.1 Å². The fraction of sp³-hybridized carbons (Fsp3) is 0.538. The first-order chi connectivity index (χ1) is 9.80. The Balaban J connectivity index is 2.16. The first kappa shape index (κ1) is 15.7. The summed E-state index contributed by atoms with van der Waals surface area (Å²) in [7, 11) is -3.75. The van der Waals surface area contributed by atoms with Crippen LogP contribution in [0.25, 0.3) is 0 Å². The Bertz CT molecular complexity index is 653. The molecule has 1 aliphatic rings. The van der Waals surface area contributed by atoms with E-state index in [0.717, 1.165) is 31.7 Å². The van der Waals surface area contributed by atoms with Gasteiger partial charge in [-0.25, -0.2) is 13.1 Å². The Morgan fingerprint density at radius 2 is 2.10 bits per heavy atom. The van der Waals surface area contributed by atoms with Crippen molar-refractivity contribution in [2.24, 2.45) is 5.41 Å². The predicted molar refractivity (Wildman–Crippen MR) is 79.3 cm³/mol. The predicted octanol–water partition coefficient (Wildman–Crippen LogP) is 2.04. The van der Waals surface area contributed by atoms with E-state index in [-0.39, 0.29) is 16.0 Å². The molecule has 1 aromatic carbocycles. The summed E-state index contributed by atoms with van der Waals surface area (Å²) in [4.78, 5) is 10.0. The van der Waals surface area contributed by atoms with Crippen molar-refractivity contribution in [3.63, 3.8) is 0 Å². The van der Waals surface area contributed by atoms with Crippen molar-refractivity contribution in [2.75, 3.05) is 12.3 Å². The highest BCUT2D eigenvalue weighted by Gasteiger charge is 2.42. The van der Waals surface area contributed by atoms with Gasteiger partial charge in [0.15, 0.2) is 0 Å². The van der Waals surface area contributed by atoms with E-state index in [2.05, 4.69) is 11.6 Å². The van der Waals surface area contributed by atoms with Gasteiger partial charge >= 0.3 is 0 Å². The number of nitrogens with two attached hydrogens (primary N) is 1. The molecule has 0 aliphatic heterocycles. The highest BCUT2D eigenvalue weighted by atomic mass is 32.2. The van der Waals surface area contributed by atoms with Crippen molar-refractivity contribution in [1.82, 2.24) is 4.72 Å². The second-order valence-electron chi connectivity index (χ2n) is 5.55. The number of hydrogen-bond acceptors (Lipinski definition) is 5. The topological polar surface area (TPSA) is 115 Å². The lowest BCUT2D eigenvalue weighted by Gasteiger charge is -2.15. The Morgan fingerprint density at radius 3 is 2.62 bits per heavy atom. The summed E-state index contributed by atoms with van der Waals surface area (Å²) in [6.45, 7) is 2.44. The van der Waals surface area contributed by atoms with E-state index in [1.807, 2.05) is 0 Å². The number of sulfonamides is 1. The average molecular weight is 313 g/mol. The Hall–Kier alpha value is -1.67. The summed E-state index contributed by atoms with van der Waals surface area (Å²) in [5.74, 6) is 0. The molecule has 0 unspecified atom stereocenters. The molecule has 0 aromatic heterocycles. The van der Waals surface area contributed by atoms with E-state index < -0.39 is 20.6 Å². The smallest absolute Gasteiger partial charge is 0.293 e. The van der Waals surface area contributed by atoms with Crippen LogP contribution in [-0.4, -0.2) is 19.9 Å². The Labute approximate surface area is 123 Å². The summed E-state index contributed by atoms with van der Waals surface area (Å²) in [5, 5.41) is 10.8. The van der Waals surface area contributed by atoms with Crippen LogP contribution in [0.1, 0.15) is 32.6 Å². The van der Waals surface area contributed by atoms with E-state index in [0.29, 0.717) is 6.54 Å². The molecule has 1 aliphatic carbocycles. The van der Waals surface area contributed by atoms with E-state index in [1.54, 1.807) is 0 Å². The van der Waals surface area contributed by atoms with Crippen LogP contribution in [0.4, 0.5) is 11.4 Å². The number of hydrogen-bond donors (Lipinski definition) is 2. The summed E-state index contributed by atoms with van der Waals surface area (Å²) in [6.07, 6.45) is 4.03. The molecule has 0 amide bonds. The number of nitro groups is 1. The zero-order valence-electron chi connectivity index (χ0n) is 11.8. The minimum absolute atomic E-state index is 0.0522. The molecule has 8 heteroatoms. The van der Waals surface area contributed by atoms with Crippen molar-refractivity contribution < 1.29 is 13.3 Å². The van der Waals surface area contributed by atoms with Crippen molar-refractivity contribution in [1.29, 1.82) is 0 Å². The third-order valence-electron chi connectivity index (χ3n) is 3.88. The van der Waals surface area contributed by atoms with Crippen LogP contribution < -0.4 is 10.5 Å². The number of nitrogen functional groups attached to an aromatic ring is 1. The number of anilines is 1. The van der Waals surface area contributed by atoms with Gasteiger partial charge in [0, 0.05) is 12.6 Å². The van der Waals surface area contributed by atoms with Gasteiger partial charge in [-0.15, -0.1) is 0 Å². The third kappa shape index (κ3) is 3.51. The van der Waals surface area contributed by atoms with Gasteiger partial charge in [-0.1, -0.05) is 13.3 Å².